The molecule has 0 fully saturated rings. The van der Waals surface area contributed by atoms with E-state index in [2.05, 4.69) is 15.9 Å². The van der Waals surface area contributed by atoms with E-state index in [0.717, 1.165) is 18.4 Å². The quantitative estimate of drug-likeness (QED) is 0.266. The SMILES string of the molecule is CCCCOC(=O)C(=O)c1ccccc1CBr. The number of benzene rings is 1. The fourth-order valence-electron chi connectivity index (χ4n) is 1.34. The van der Waals surface area contributed by atoms with Crippen LogP contribution in [0.4, 0.5) is 0 Å². The molecule has 0 atom stereocenters. The van der Waals surface area contributed by atoms with Crippen LogP contribution in [0.1, 0.15) is 35.7 Å². The summed E-state index contributed by atoms with van der Waals surface area (Å²) >= 11 is 3.29. The van der Waals surface area contributed by atoms with Gasteiger partial charge in [0.1, 0.15) is 0 Å². The van der Waals surface area contributed by atoms with Crippen molar-refractivity contribution in [1.29, 1.82) is 0 Å². The van der Waals surface area contributed by atoms with E-state index in [4.69, 9.17) is 4.74 Å². The third kappa shape index (κ3) is 3.97. The van der Waals surface area contributed by atoms with Gasteiger partial charge in [-0.15, -0.1) is 0 Å². The first-order valence-electron chi connectivity index (χ1n) is 5.56. The number of unbranched alkanes of at least 4 members (excludes halogenated alkanes) is 1. The molecule has 0 unspecified atom stereocenters. The van der Waals surface area contributed by atoms with Gasteiger partial charge in [-0.05, 0) is 12.0 Å². The molecule has 1 aromatic carbocycles. The molecule has 92 valence electrons. The lowest BCUT2D eigenvalue weighted by Crippen LogP contribution is -2.19. The number of carbonyl (C=O) groups excluding carboxylic acids is 2. The predicted octanol–water partition coefficient (Wildman–Crippen LogP) is 3.11. The van der Waals surface area contributed by atoms with E-state index in [1.807, 2.05) is 13.0 Å². The number of halogens is 1. The van der Waals surface area contributed by atoms with Crippen LogP contribution in [0.25, 0.3) is 0 Å². The molecule has 0 aliphatic heterocycles. The minimum absolute atomic E-state index is 0.303. The van der Waals surface area contributed by atoms with E-state index in [0.29, 0.717) is 17.5 Å². The number of ether oxygens (including phenoxy) is 1. The second kappa shape index (κ2) is 7.22. The van der Waals surface area contributed by atoms with E-state index in [-0.39, 0.29) is 0 Å². The summed E-state index contributed by atoms with van der Waals surface area (Å²) in [5, 5.41) is 0.539. The van der Waals surface area contributed by atoms with Crippen LogP contribution in [0.3, 0.4) is 0 Å². The van der Waals surface area contributed by atoms with Crippen molar-refractivity contribution in [3.05, 3.63) is 35.4 Å². The largest absolute Gasteiger partial charge is 0.460 e. The normalized spacial score (nSPS) is 10.0. The number of hydrogen-bond acceptors (Lipinski definition) is 3. The number of carbonyl (C=O) groups is 2. The summed E-state index contributed by atoms with van der Waals surface area (Å²) in [5.74, 6) is -1.34. The molecule has 0 aliphatic carbocycles. The van der Waals surface area contributed by atoms with E-state index >= 15 is 0 Å². The Morgan fingerprint density at radius 1 is 1.29 bits per heavy atom. The van der Waals surface area contributed by atoms with Crippen LogP contribution < -0.4 is 0 Å². The second-order valence-electron chi connectivity index (χ2n) is 3.61. The highest BCUT2D eigenvalue weighted by atomic mass is 79.9. The first kappa shape index (κ1) is 13.9. The lowest BCUT2D eigenvalue weighted by molar-refractivity contribution is -0.138. The number of esters is 1. The van der Waals surface area contributed by atoms with Crippen LogP contribution in [-0.2, 0) is 14.9 Å². The molecular formula is C13H15BrO3. The third-order valence-electron chi connectivity index (χ3n) is 2.32. The molecule has 0 heterocycles. The number of Topliss-reactive ketones (excluding diaryl/α,β-unsaturated/α-hetero) is 1. The third-order valence-corrected chi connectivity index (χ3v) is 2.93. The number of ketones is 1. The Hall–Kier alpha value is -1.16. The Morgan fingerprint density at radius 2 is 2.00 bits per heavy atom. The van der Waals surface area contributed by atoms with Crippen LogP contribution in [0.15, 0.2) is 24.3 Å². The van der Waals surface area contributed by atoms with E-state index in [1.54, 1.807) is 18.2 Å². The van der Waals surface area contributed by atoms with Gasteiger partial charge in [-0.25, -0.2) is 4.79 Å². The summed E-state index contributed by atoms with van der Waals surface area (Å²) in [6.45, 7) is 2.30. The van der Waals surface area contributed by atoms with Crippen molar-refractivity contribution in [2.75, 3.05) is 6.61 Å². The van der Waals surface area contributed by atoms with Gasteiger partial charge in [0.2, 0.25) is 0 Å². The standard InChI is InChI=1S/C13H15BrO3/c1-2-3-8-17-13(16)12(15)11-7-5-4-6-10(11)9-14/h4-7H,2-3,8-9H2,1H3. The van der Waals surface area contributed by atoms with Crippen molar-refractivity contribution in [2.45, 2.75) is 25.1 Å². The molecule has 0 radical (unpaired) electrons. The number of rotatable bonds is 6. The highest BCUT2D eigenvalue weighted by Crippen LogP contribution is 2.13. The van der Waals surface area contributed by atoms with Crippen molar-refractivity contribution in [2.24, 2.45) is 0 Å². The zero-order valence-corrected chi connectivity index (χ0v) is 11.3. The van der Waals surface area contributed by atoms with Crippen LogP contribution in [0.5, 0.6) is 0 Å². The molecule has 1 rings (SSSR count). The van der Waals surface area contributed by atoms with Crippen molar-refractivity contribution < 1.29 is 14.3 Å². The van der Waals surface area contributed by atoms with Gasteiger partial charge in [-0.2, -0.15) is 0 Å². The molecule has 3 nitrogen and oxygen atoms in total. The maximum atomic E-state index is 11.8. The topological polar surface area (TPSA) is 43.4 Å². The first-order valence-corrected chi connectivity index (χ1v) is 6.68. The summed E-state index contributed by atoms with van der Waals surface area (Å²) < 4.78 is 4.89. The average Bonchev–Trinajstić information content (AvgIpc) is 2.38. The maximum Gasteiger partial charge on any atom is 0.379 e. The predicted molar refractivity (Wildman–Crippen MR) is 69.3 cm³/mol. The molecule has 4 heteroatoms. The summed E-state index contributed by atoms with van der Waals surface area (Å²) in [6, 6.07) is 7.01. The van der Waals surface area contributed by atoms with Gasteiger partial charge in [0.05, 0.1) is 6.61 Å². The minimum atomic E-state index is -0.771. The van der Waals surface area contributed by atoms with Crippen molar-refractivity contribution in [3.8, 4) is 0 Å². The zero-order valence-electron chi connectivity index (χ0n) is 9.74. The molecule has 0 spiro atoms. The smallest absolute Gasteiger partial charge is 0.379 e. The zero-order chi connectivity index (χ0) is 12.7. The van der Waals surface area contributed by atoms with Gasteiger partial charge in [0.15, 0.2) is 0 Å². The number of alkyl halides is 1. The highest BCUT2D eigenvalue weighted by Gasteiger charge is 2.19. The lowest BCUT2D eigenvalue weighted by Gasteiger charge is -2.06. The lowest BCUT2D eigenvalue weighted by atomic mass is 10.1. The van der Waals surface area contributed by atoms with Crippen LogP contribution in [0.2, 0.25) is 0 Å². The van der Waals surface area contributed by atoms with Crippen LogP contribution in [-0.4, -0.2) is 18.4 Å². The van der Waals surface area contributed by atoms with Crippen LogP contribution in [0, 0.1) is 0 Å². The first-order chi connectivity index (χ1) is 8.20. The van der Waals surface area contributed by atoms with Gasteiger partial charge in [-0.1, -0.05) is 53.5 Å². The highest BCUT2D eigenvalue weighted by molar-refractivity contribution is 9.08. The molecular weight excluding hydrogens is 284 g/mol. The van der Waals surface area contributed by atoms with Crippen molar-refractivity contribution in [3.63, 3.8) is 0 Å². The Bertz CT molecular complexity index is 401. The molecule has 0 aliphatic rings. The van der Waals surface area contributed by atoms with Gasteiger partial charge in [-0.3, -0.25) is 4.79 Å². The van der Waals surface area contributed by atoms with Crippen LogP contribution >= 0.6 is 15.9 Å². The van der Waals surface area contributed by atoms with Crippen molar-refractivity contribution in [1.82, 2.24) is 0 Å². The monoisotopic (exact) mass is 298 g/mol. The molecule has 0 bridgehead atoms. The molecule has 0 amide bonds. The minimum Gasteiger partial charge on any atom is -0.460 e. The average molecular weight is 299 g/mol. The van der Waals surface area contributed by atoms with Gasteiger partial charge in [0, 0.05) is 10.9 Å². The fourth-order valence-corrected chi connectivity index (χ4v) is 1.83. The van der Waals surface area contributed by atoms with Gasteiger partial charge >= 0.3 is 5.97 Å². The Morgan fingerprint density at radius 3 is 2.65 bits per heavy atom. The Balaban J connectivity index is 2.71. The molecule has 1 aromatic rings. The molecule has 0 N–H and O–H groups in total. The molecule has 0 saturated carbocycles. The maximum absolute atomic E-state index is 11.8. The Kier molecular flexibility index (Phi) is 5.91. The van der Waals surface area contributed by atoms with Gasteiger partial charge in [0.25, 0.3) is 5.78 Å². The molecule has 0 saturated heterocycles. The Labute approximate surface area is 109 Å². The number of hydrogen-bond donors (Lipinski definition) is 0. The fraction of sp³-hybridized carbons (Fsp3) is 0.385. The molecule has 17 heavy (non-hydrogen) atoms. The van der Waals surface area contributed by atoms with E-state index in [9.17, 15) is 9.59 Å². The summed E-state index contributed by atoms with van der Waals surface area (Å²) in [7, 11) is 0. The summed E-state index contributed by atoms with van der Waals surface area (Å²) in [6.07, 6.45) is 1.71. The second-order valence-corrected chi connectivity index (χ2v) is 4.17. The summed E-state index contributed by atoms with van der Waals surface area (Å²) in [4.78, 5) is 23.3. The summed E-state index contributed by atoms with van der Waals surface area (Å²) in [5.41, 5.74) is 1.20. The van der Waals surface area contributed by atoms with E-state index in [1.165, 1.54) is 0 Å². The van der Waals surface area contributed by atoms with Gasteiger partial charge < -0.3 is 4.74 Å². The molecule has 0 aromatic heterocycles. The van der Waals surface area contributed by atoms with Crippen molar-refractivity contribution >= 4 is 27.7 Å². The van der Waals surface area contributed by atoms with E-state index < -0.39 is 11.8 Å².